The molecule has 0 atom stereocenters. The SMILES string of the molecule is N#Cc1cc(N)ccc1NCCC(F)(F)F. The molecule has 0 radical (unpaired) electrons. The van der Waals surface area contributed by atoms with Gasteiger partial charge < -0.3 is 11.1 Å². The van der Waals surface area contributed by atoms with Crippen LogP contribution in [0.2, 0.25) is 0 Å². The highest BCUT2D eigenvalue weighted by molar-refractivity contribution is 5.62. The molecule has 16 heavy (non-hydrogen) atoms. The van der Waals surface area contributed by atoms with Crippen LogP contribution < -0.4 is 11.1 Å². The average molecular weight is 229 g/mol. The van der Waals surface area contributed by atoms with Gasteiger partial charge in [0.25, 0.3) is 0 Å². The molecule has 0 aromatic heterocycles. The Morgan fingerprint density at radius 1 is 1.38 bits per heavy atom. The number of halogens is 3. The molecule has 1 rings (SSSR count). The number of benzene rings is 1. The van der Waals surface area contributed by atoms with Crippen LogP contribution >= 0.6 is 0 Å². The van der Waals surface area contributed by atoms with Gasteiger partial charge in [-0.2, -0.15) is 18.4 Å². The van der Waals surface area contributed by atoms with E-state index < -0.39 is 12.6 Å². The van der Waals surface area contributed by atoms with Gasteiger partial charge in [-0.1, -0.05) is 0 Å². The largest absolute Gasteiger partial charge is 0.399 e. The molecular formula is C10H10F3N3. The minimum Gasteiger partial charge on any atom is -0.399 e. The van der Waals surface area contributed by atoms with Crippen molar-refractivity contribution in [2.75, 3.05) is 17.6 Å². The minimum absolute atomic E-state index is 0.238. The van der Waals surface area contributed by atoms with Gasteiger partial charge in [-0.15, -0.1) is 0 Å². The van der Waals surface area contributed by atoms with E-state index in [0.717, 1.165) is 0 Å². The highest BCUT2D eigenvalue weighted by Gasteiger charge is 2.26. The second-order valence-corrected chi connectivity index (χ2v) is 3.21. The second kappa shape index (κ2) is 4.75. The molecule has 86 valence electrons. The summed E-state index contributed by atoms with van der Waals surface area (Å²) in [5.74, 6) is 0. The fourth-order valence-corrected chi connectivity index (χ4v) is 1.15. The zero-order chi connectivity index (χ0) is 12.2. The smallest absolute Gasteiger partial charge is 0.390 e. The van der Waals surface area contributed by atoms with Crippen LogP contribution in [-0.4, -0.2) is 12.7 Å². The highest BCUT2D eigenvalue weighted by atomic mass is 19.4. The van der Waals surface area contributed by atoms with E-state index in [2.05, 4.69) is 5.32 Å². The topological polar surface area (TPSA) is 61.8 Å². The third-order valence-corrected chi connectivity index (χ3v) is 1.89. The van der Waals surface area contributed by atoms with Crippen LogP contribution in [0.5, 0.6) is 0 Å². The van der Waals surface area contributed by atoms with Crippen molar-refractivity contribution in [1.29, 1.82) is 5.26 Å². The van der Waals surface area contributed by atoms with E-state index in [9.17, 15) is 13.2 Å². The lowest BCUT2D eigenvalue weighted by molar-refractivity contribution is -0.131. The number of alkyl halides is 3. The van der Waals surface area contributed by atoms with Crippen molar-refractivity contribution < 1.29 is 13.2 Å². The molecule has 0 aliphatic carbocycles. The van der Waals surface area contributed by atoms with Crippen LogP contribution in [0.4, 0.5) is 24.5 Å². The summed E-state index contributed by atoms with van der Waals surface area (Å²) in [6, 6.07) is 6.29. The molecule has 0 unspecified atom stereocenters. The summed E-state index contributed by atoms with van der Waals surface area (Å²) in [5, 5.41) is 11.3. The first-order valence-electron chi connectivity index (χ1n) is 4.52. The lowest BCUT2D eigenvalue weighted by Crippen LogP contribution is -2.15. The van der Waals surface area contributed by atoms with Crippen molar-refractivity contribution in [2.45, 2.75) is 12.6 Å². The Morgan fingerprint density at radius 3 is 2.62 bits per heavy atom. The fraction of sp³-hybridized carbons (Fsp3) is 0.300. The van der Waals surface area contributed by atoms with Crippen molar-refractivity contribution >= 4 is 11.4 Å². The lowest BCUT2D eigenvalue weighted by Gasteiger charge is -2.10. The molecule has 0 saturated heterocycles. The molecule has 0 fully saturated rings. The number of anilines is 2. The Labute approximate surface area is 90.7 Å². The monoisotopic (exact) mass is 229 g/mol. The Balaban J connectivity index is 2.65. The Morgan fingerprint density at radius 2 is 2.06 bits per heavy atom. The predicted octanol–water partition coefficient (Wildman–Crippen LogP) is 2.50. The van der Waals surface area contributed by atoms with E-state index in [-0.39, 0.29) is 12.1 Å². The van der Waals surface area contributed by atoms with E-state index in [1.54, 1.807) is 0 Å². The van der Waals surface area contributed by atoms with Gasteiger partial charge >= 0.3 is 6.18 Å². The van der Waals surface area contributed by atoms with E-state index in [0.29, 0.717) is 11.4 Å². The summed E-state index contributed by atoms with van der Waals surface area (Å²) in [4.78, 5) is 0. The molecular weight excluding hydrogens is 219 g/mol. The van der Waals surface area contributed by atoms with E-state index in [1.165, 1.54) is 18.2 Å². The molecule has 0 amide bonds. The highest BCUT2D eigenvalue weighted by Crippen LogP contribution is 2.21. The quantitative estimate of drug-likeness (QED) is 0.783. The van der Waals surface area contributed by atoms with Crippen molar-refractivity contribution in [3.05, 3.63) is 23.8 Å². The normalized spacial score (nSPS) is 10.9. The van der Waals surface area contributed by atoms with Gasteiger partial charge in [-0.25, -0.2) is 0 Å². The molecule has 1 aromatic rings. The average Bonchev–Trinajstić information content (AvgIpc) is 2.18. The summed E-state index contributed by atoms with van der Waals surface area (Å²) in [6.45, 7) is -0.262. The lowest BCUT2D eigenvalue weighted by atomic mass is 10.1. The maximum atomic E-state index is 11.9. The van der Waals surface area contributed by atoms with Crippen LogP contribution in [0.1, 0.15) is 12.0 Å². The maximum Gasteiger partial charge on any atom is 0.390 e. The number of nitrogen functional groups attached to an aromatic ring is 1. The van der Waals surface area contributed by atoms with Crippen molar-refractivity contribution in [2.24, 2.45) is 0 Å². The number of nitrogens with one attached hydrogen (secondary N) is 1. The van der Waals surface area contributed by atoms with Gasteiger partial charge in [-0.05, 0) is 18.2 Å². The third kappa shape index (κ3) is 3.69. The first kappa shape index (κ1) is 12.2. The summed E-state index contributed by atoms with van der Waals surface area (Å²) in [5.41, 5.74) is 6.44. The zero-order valence-corrected chi connectivity index (χ0v) is 8.30. The number of nitrogens with two attached hydrogens (primary N) is 1. The van der Waals surface area contributed by atoms with Crippen molar-refractivity contribution in [3.8, 4) is 6.07 Å². The second-order valence-electron chi connectivity index (χ2n) is 3.21. The van der Waals surface area contributed by atoms with Crippen LogP contribution in [0, 0.1) is 11.3 Å². The standard InChI is InChI=1S/C10H10F3N3/c11-10(12,13)3-4-16-9-2-1-8(15)5-7(9)6-14/h1-2,5,16H,3-4,15H2. The molecule has 0 saturated carbocycles. The molecule has 3 N–H and O–H groups in total. The summed E-state index contributed by atoms with van der Waals surface area (Å²) in [7, 11) is 0. The summed E-state index contributed by atoms with van der Waals surface area (Å²) in [6.07, 6.45) is -5.14. The van der Waals surface area contributed by atoms with Gasteiger partial charge in [0.2, 0.25) is 0 Å². The van der Waals surface area contributed by atoms with Crippen LogP contribution in [0.3, 0.4) is 0 Å². The number of rotatable bonds is 3. The van der Waals surface area contributed by atoms with Crippen LogP contribution in [-0.2, 0) is 0 Å². The molecule has 0 heterocycles. The predicted molar refractivity (Wildman–Crippen MR) is 54.7 cm³/mol. The minimum atomic E-state index is -4.20. The number of nitriles is 1. The molecule has 0 spiro atoms. The third-order valence-electron chi connectivity index (χ3n) is 1.89. The number of nitrogens with zero attached hydrogens (tertiary/aromatic N) is 1. The Bertz CT molecular complexity index is 407. The van der Waals surface area contributed by atoms with Crippen molar-refractivity contribution in [3.63, 3.8) is 0 Å². The molecule has 1 aromatic carbocycles. The van der Waals surface area contributed by atoms with Gasteiger partial charge in [0.1, 0.15) is 6.07 Å². The molecule has 0 bridgehead atoms. The zero-order valence-electron chi connectivity index (χ0n) is 8.30. The van der Waals surface area contributed by atoms with Gasteiger partial charge in [-0.3, -0.25) is 0 Å². The van der Waals surface area contributed by atoms with E-state index in [4.69, 9.17) is 11.0 Å². The Kier molecular flexibility index (Phi) is 3.61. The maximum absolute atomic E-state index is 11.9. The molecule has 6 heteroatoms. The van der Waals surface area contributed by atoms with Gasteiger partial charge in [0.15, 0.2) is 0 Å². The van der Waals surface area contributed by atoms with E-state index >= 15 is 0 Å². The van der Waals surface area contributed by atoms with Crippen LogP contribution in [0.25, 0.3) is 0 Å². The molecule has 3 nitrogen and oxygen atoms in total. The fourth-order valence-electron chi connectivity index (χ4n) is 1.15. The number of hydrogen-bond donors (Lipinski definition) is 2. The summed E-state index contributed by atoms with van der Waals surface area (Å²) >= 11 is 0. The first-order valence-corrected chi connectivity index (χ1v) is 4.52. The first-order chi connectivity index (χ1) is 7.42. The van der Waals surface area contributed by atoms with E-state index in [1.807, 2.05) is 6.07 Å². The van der Waals surface area contributed by atoms with Crippen LogP contribution in [0.15, 0.2) is 18.2 Å². The van der Waals surface area contributed by atoms with Crippen molar-refractivity contribution in [1.82, 2.24) is 0 Å². The molecule has 0 aliphatic rings. The van der Waals surface area contributed by atoms with Gasteiger partial charge in [0, 0.05) is 12.2 Å². The molecule has 0 aliphatic heterocycles. The summed E-state index contributed by atoms with van der Waals surface area (Å²) < 4.78 is 35.6. The van der Waals surface area contributed by atoms with Gasteiger partial charge in [0.05, 0.1) is 17.7 Å². The number of hydrogen-bond acceptors (Lipinski definition) is 3. The Hall–Kier alpha value is -1.90.